The number of thiazole rings is 1. The summed E-state index contributed by atoms with van der Waals surface area (Å²) in [6.07, 6.45) is 0. The number of nitrogens with zero attached hydrogens (tertiary/aromatic N) is 3. The van der Waals surface area contributed by atoms with E-state index in [1.54, 1.807) is 12.1 Å². The van der Waals surface area contributed by atoms with E-state index in [-0.39, 0.29) is 24.1 Å². The molecule has 0 bridgehead atoms. The van der Waals surface area contributed by atoms with Crippen LogP contribution in [0.25, 0.3) is 10.8 Å². The van der Waals surface area contributed by atoms with Gasteiger partial charge in [0.05, 0.1) is 27.8 Å². The van der Waals surface area contributed by atoms with Gasteiger partial charge in [-0.3, -0.25) is 9.59 Å². The molecule has 124 valence electrons. The molecule has 1 atom stereocenters. The number of hydrogen-bond acceptors (Lipinski definition) is 5. The molecule has 24 heavy (non-hydrogen) atoms. The predicted molar refractivity (Wildman–Crippen MR) is 94.1 cm³/mol. The molecule has 1 unspecified atom stereocenters. The lowest BCUT2D eigenvalue weighted by molar-refractivity contribution is -0.122. The van der Waals surface area contributed by atoms with Crippen LogP contribution in [0.2, 0.25) is 0 Å². The largest absolute Gasteiger partial charge is 0.346 e. The predicted octanol–water partition coefficient (Wildman–Crippen LogP) is 2.35. The molecule has 0 spiro atoms. The van der Waals surface area contributed by atoms with Crippen molar-refractivity contribution >= 4 is 28.0 Å². The van der Waals surface area contributed by atoms with Crippen LogP contribution in [0.1, 0.15) is 29.4 Å². The highest BCUT2D eigenvalue weighted by atomic mass is 32.1. The summed E-state index contributed by atoms with van der Waals surface area (Å²) in [7, 11) is 0. The summed E-state index contributed by atoms with van der Waals surface area (Å²) in [5.74, 6) is -0.266. The van der Waals surface area contributed by atoms with Crippen LogP contribution in [0.5, 0.6) is 0 Å². The summed E-state index contributed by atoms with van der Waals surface area (Å²) in [5, 5.41) is 11.4. The Morgan fingerprint density at radius 1 is 1.29 bits per heavy atom. The molecule has 0 saturated heterocycles. The van der Waals surface area contributed by atoms with Gasteiger partial charge in [0.1, 0.15) is 6.54 Å². The fourth-order valence-corrected chi connectivity index (χ4v) is 3.29. The summed E-state index contributed by atoms with van der Waals surface area (Å²) >= 11 is 1.54. The van der Waals surface area contributed by atoms with Crippen molar-refractivity contribution in [1.82, 2.24) is 20.1 Å². The van der Waals surface area contributed by atoms with E-state index in [0.717, 1.165) is 21.8 Å². The van der Waals surface area contributed by atoms with Gasteiger partial charge < -0.3 is 5.32 Å². The van der Waals surface area contributed by atoms with E-state index in [1.165, 1.54) is 16.0 Å². The third-order valence-corrected chi connectivity index (χ3v) is 4.60. The zero-order valence-corrected chi connectivity index (χ0v) is 14.6. The first-order chi connectivity index (χ1) is 11.5. The lowest BCUT2D eigenvalue weighted by Gasteiger charge is -2.13. The van der Waals surface area contributed by atoms with Crippen molar-refractivity contribution in [2.75, 3.05) is 0 Å². The van der Waals surface area contributed by atoms with E-state index in [4.69, 9.17) is 0 Å². The van der Waals surface area contributed by atoms with Gasteiger partial charge in [-0.15, -0.1) is 11.3 Å². The normalized spacial score (nSPS) is 12.3. The lowest BCUT2D eigenvalue weighted by atomic mass is 10.1. The van der Waals surface area contributed by atoms with Gasteiger partial charge in [0.25, 0.3) is 5.56 Å². The van der Waals surface area contributed by atoms with Crippen LogP contribution in [-0.2, 0) is 11.3 Å². The van der Waals surface area contributed by atoms with Crippen LogP contribution in [0.3, 0.4) is 0 Å². The lowest BCUT2D eigenvalue weighted by Crippen LogP contribution is -2.35. The van der Waals surface area contributed by atoms with E-state index in [9.17, 15) is 9.59 Å². The van der Waals surface area contributed by atoms with E-state index < -0.39 is 0 Å². The Balaban J connectivity index is 1.81. The second-order valence-electron chi connectivity index (χ2n) is 5.67. The third-order valence-electron chi connectivity index (χ3n) is 3.80. The Bertz CT molecular complexity index is 961. The van der Waals surface area contributed by atoms with Gasteiger partial charge >= 0.3 is 0 Å². The maximum absolute atomic E-state index is 12.5. The highest BCUT2D eigenvalue weighted by molar-refractivity contribution is 7.09. The second kappa shape index (κ2) is 6.52. The Morgan fingerprint density at radius 2 is 2.00 bits per heavy atom. The second-order valence-corrected chi connectivity index (χ2v) is 6.74. The van der Waals surface area contributed by atoms with Crippen molar-refractivity contribution in [3.63, 3.8) is 0 Å². The summed E-state index contributed by atoms with van der Waals surface area (Å²) < 4.78 is 1.21. The number of rotatable bonds is 4. The van der Waals surface area contributed by atoms with Crippen molar-refractivity contribution in [2.45, 2.75) is 33.4 Å². The number of hydrogen-bond donors (Lipinski definition) is 1. The topological polar surface area (TPSA) is 76.9 Å². The molecule has 6 nitrogen and oxygen atoms in total. The smallest absolute Gasteiger partial charge is 0.275 e. The Labute approximate surface area is 143 Å². The van der Waals surface area contributed by atoms with Crippen molar-refractivity contribution in [1.29, 1.82) is 0 Å². The number of aromatic nitrogens is 3. The number of nitrogens with one attached hydrogen (secondary N) is 1. The number of carbonyl (C=O) groups excluding carboxylic acids is 1. The monoisotopic (exact) mass is 342 g/mol. The highest BCUT2D eigenvalue weighted by Crippen LogP contribution is 2.15. The molecule has 0 saturated carbocycles. The van der Waals surface area contributed by atoms with Crippen molar-refractivity contribution in [3.8, 4) is 0 Å². The zero-order valence-electron chi connectivity index (χ0n) is 13.7. The first-order valence-corrected chi connectivity index (χ1v) is 8.51. The van der Waals surface area contributed by atoms with Crippen LogP contribution < -0.4 is 10.9 Å². The Morgan fingerprint density at radius 3 is 2.67 bits per heavy atom. The van der Waals surface area contributed by atoms with Crippen LogP contribution in [0, 0.1) is 13.8 Å². The number of aryl methyl sites for hydroxylation is 2. The fourth-order valence-electron chi connectivity index (χ4n) is 2.59. The van der Waals surface area contributed by atoms with E-state index >= 15 is 0 Å². The summed E-state index contributed by atoms with van der Waals surface area (Å²) in [4.78, 5) is 29.1. The quantitative estimate of drug-likeness (QED) is 0.789. The highest BCUT2D eigenvalue weighted by Gasteiger charge is 2.15. The molecule has 2 aromatic heterocycles. The van der Waals surface area contributed by atoms with Crippen molar-refractivity contribution in [2.24, 2.45) is 0 Å². The van der Waals surface area contributed by atoms with Gasteiger partial charge in [0.2, 0.25) is 5.91 Å². The van der Waals surface area contributed by atoms with Crippen LogP contribution in [0.4, 0.5) is 0 Å². The number of fused-ring (bicyclic) bond motifs is 1. The molecule has 2 heterocycles. The van der Waals surface area contributed by atoms with E-state index in [1.807, 2.05) is 38.3 Å². The van der Waals surface area contributed by atoms with Gasteiger partial charge in [0.15, 0.2) is 0 Å². The third kappa shape index (κ3) is 3.21. The minimum absolute atomic E-state index is 0.113. The number of carbonyl (C=O) groups is 1. The SMILES string of the molecule is Cc1nc(C(C)NC(=O)Cn2nc(C)c3ccccc3c2=O)cs1. The molecular formula is C17H18N4O2S. The molecular weight excluding hydrogens is 324 g/mol. The van der Waals surface area contributed by atoms with Crippen molar-refractivity contribution in [3.05, 3.63) is 56.4 Å². The maximum atomic E-state index is 12.5. The van der Waals surface area contributed by atoms with Gasteiger partial charge in [-0.05, 0) is 26.8 Å². The first kappa shape index (κ1) is 16.3. The molecule has 1 aromatic carbocycles. The van der Waals surface area contributed by atoms with Crippen LogP contribution in [-0.4, -0.2) is 20.7 Å². The average Bonchev–Trinajstić information content (AvgIpc) is 2.99. The Hall–Kier alpha value is -2.54. The van der Waals surface area contributed by atoms with Gasteiger partial charge in [-0.25, -0.2) is 9.67 Å². The van der Waals surface area contributed by atoms with Crippen LogP contribution >= 0.6 is 11.3 Å². The summed E-state index contributed by atoms with van der Waals surface area (Å²) in [6, 6.07) is 7.07. The van der Waals surface area contributed by atoms with E-state index in [0.29, 0.717) is 5.39 Å². The van der Waals surface area contributed by atoms with Gasteiger partial charge in [-0.2, -0.15) is 5.10 Å². The Kier molecular flexibility index (Phi) is 4.44. The molecule has 1 amide bonds. The van der Waals surface area contributed by atoms with E-state index in [2.05, 4.69) is 15.4 Å². The number of amides is 1. The van der Waals surface area contributed by atoms with Crippen LogP contribution in [0.15, 0.2) is 34.4 Å². The molecule has 7 heteroatoms. The zero-order chi connectivity index (χ0) is 17.3. The molecule has 0 fully saturated rings. The molecule has 0 aliphatic carbocycles. The molecule has 1 N–H and O–H groups in total. The molecule has 3 aromatic rings. The minimum atomic E-state index is -0.266. The molecule has 0 radical (unpaired) electrons. The summed E-state index contributed by atoms with van der Waals surface area (Å²) in [5.41, 5.74) is 1.28. The fraction of sp³-hybridized carbons (Fsp3) is 0.294. The van der Waals surface area contributed by atoms with Gasteiger partial charge in [-0.1, -0.05) is 18.2 Å². The maximum Gasteiger partial charge on any atom is 0.275 e. The standard InChI is InChI=1S/C17H18N4O2S/c1-10-13-6-4-5-7-14(13)17(23)21(20-10)8-16(22)18-11(2)15-9-24-12(3)19-15/h4-7,9,11H,8H2,1-3H3,(H,18,22). The average molecular weight is 342 g/mol. The molecule has 0 aliphatic rings. The minimum Gasteiger partial charge on any atom is -0.346 e. The molecule has 0 aliphatic heterocycles. The first-order valence-electron chi connectivity index (χ1n) is 7.63. The molecule has 3 rings (SSSR count). The number of benzene rings is 1. The van der Waals surface area contributed by atoms with Gasteiger partial charge in [0, 0.05) is 10.8 Å². The van der Waals surface area contributed by atoms with Crippen molar-refractivity contribution < 1.29 is 4.79 Å². The summed E-state index contributed by atoms with van der Waals surface area (Å²) in [6.45, 7) is 5.51.